The van der Waals surface area contributed by atoms with Gasteiger partial charge in [0.15, 0.2) is 0 Å². The van der Waals surface area contributed by atoms with Crippen molar-refractivity contribution < 1.29 is 22.7 Å². The number of rotatable bonds is 10. The molecule has 0 heterocycles. The number of hydrogen-bond acceptors (Lipinski definition) is 5. The van der Waals surface area contributed by atoms with Gasteiger partial charge in [0.1, 0.15) is 18.3 Å². The average molecular weight is 566 g/mol. The molecule has 1 unspecified atom stereocenters. The van der Waals surface area contributed by atoms with Gasteiger partial charge in [-0.05, 0) is 82.5 Å². The van der Waals surface area contributed by atoms with Crippen molar-refractivity contribution in [2.75, 3.05) is 18.0 Å². The molecule has 8 nitrogen and oxygen atoms in total. The van der Waals surface area contributed by atoms with E-state index in [1.54, 1.807) is 43.3 Å². The Hall–Kier alpha value is -3.85. The molecule has 3 aromatic rings. The monoisotopic (exact) mass is 565 g/mol. The molecule has 0 aliphatic rings. The van der Waals surface area contributed by atoms with E-state index in [-0.39, 0.29) is 23.0 Å². The van der Waals surface area contributed by atoms with Crippen LogP contribution in [0.1, 0.15) is 44.4 Å². The van der Waals surface area contributed by atoms with E-state index in [2.05, 4.69) is 5.32 Å². The molecule has 40 heavy (non-hydrogen) atoms. The number of aryl methyl sites for hydroxylation is 2. The standard InChI is InChI=1S/C31H39N3O5S/c1-22-17-18-28(39-7)27(19-22)34(40(37,38)26-15-9-8-10-16-26)21-29(35)33(20-25-14-12-11-13-23(25)2)24(3)30(36)32-31(4,5)6/h8-19,24H,20-21H2,1-7H3,(H,32,36). The fourth-order valence-electron chi connectivity index (χ4n) is 4.26. The van der Waals surface area contributed by atoms with Crippen molar-refractivity contribution in [3.63, 3.8) is 0 Å². The van der Waals surface area contributed by atoms with Gasteiger partial charge in [-0.3, -0.25) is 13.9 Å². The number of sulfonamides is 1. The lowest BCUT2D eigenvalue weighted by molar-refractivity contribution is -0.140. The Morgan fingerprint density at radius 2 is 1.57 bits per heavy atom. The number of carbonyl (C=O) groups excluding carboxylic acids is 2. The predicted octanol–water partition coefficient (Wildman–Crippen LogP) is 4.84. The fourth-order valence-corrected chi connectivity index (χ4v) is 5.69. The van der Waals surface area contributed by atoms with Crippen LogP contribution in [0.5, 0.6) is 5.75 Å². The highest BCUT2D eigenvalue weighted by Crippen LogP contribution is 2.33. The Labute approximate surface area is 238 Å². The lowest BCUT2D eigenvalue weighted by Crippen LogP contribution is -2.54. The van der Waals surface area contributed by atoms with Gasteiger partial charge in [0.25, 0.3) is 10.0 Å². The number of methoxy groups -OCH3 is 1. The van der Waals surface area contributed by atoms with Gasteiger partial charge >= 0.3 is 0 Å². The van der Waals surface area contributed by atoms with E-state index < -0.39 is 34.1 Å². The van der Waals surface area contributed by atoms with Crippen molar-refractivity contribution in [1.82, 2.24) is 10.2 Å². The molecule has 0 saturated carbocycles. The first-order chi connectivity index (χ1) is 18.7. The van der Waals surface area contributed by atoms with Crippen LogP contribution in [-0.4, -0.2) is 50.4 Å². The minimum atomic E-state index is -4.18. The number of hydrogen-bond donors (Lipinski definition) is 1. The summed E-state index contributed by atoms with van der Waals surface area (Å²) in [5.41, 5.74) is 2.34. The van der Waals surface area contributed by atoms with Gasteiger partial charge in [0.05, 0.1) is 17.7 Å². The average Bonchev–Trinajstić information content (AvgIpc) is 2.90. The van der Waals surface area contributed by atoms with Crippen molar-refractivity contribution >= 4 is 27.5 Å². The van der Waals surface area contributed by atoms with Crippen LogP contribution < -0.4 is 14.4 Å². The van der Waals surface area contributed by atoms with Crippen molar-refractivity contribution in [1.29, 1.82) is 0 Å². The SMILES string of the molecule is COc1ccc(C)cc1N(CC(=O)N(Cc1ccccc1C)C(C)C(=O)NC(C)(C)C)S(=O)(=O)c1ccccc1. The van der Waals surface area contributed by atoms with Crippen molar-refractivity contribution in [2.24, 2.45) is 0 Å². The van der Waals surface area contributed by atoms with Crippen LogP contribution in [0.15, 0.2) is 77.7 Å². The Morgan fingerprint density at radius 3 is 2.17 bits per heavy atom. The molecule has 214 valence electrons. The molecule has 0 aromatic heterocycles. The lowest BCUT2D eigenvalue weighted by Gasteiger charge is -2.34. The second-order valence-electron chi connectivity index (χ2n) is 10.9. The summed E-state index contributed by atoms with van der Waals surface area (Å²) >= 11 is 0. The van der Waals surface area contributed by atoms with Gasteiger partial charge < -0.3 is 15.0 Å². The summed E-state index contributed by atoms with van der Waals surface area (Å²) in [7, 11) is -2.73. The van der Waals surface area contributed by atoms with Crippen LogP contribution in [0, 0.1) is 13.8 Å². The highest BCUT2D eigenvalue weighted by Gasteiger charge is 2.34. The van der Waals surface area contributed by atoms with E-state index in [0.717, 1.165) is 21.0 Å². The smallest absolute Gasteiger partial charge is 0.264 e. The first-order valence-corrected chi connectivity index (χ1v) is 14.6. The second-order valence-corrected chi connectivity index (χ2v) is 12.7. The van der Waals surface area contributed by atoms with Crippen LogP contribution in [-0.2, 0) is 26.2 Å². The molecule has 0 fully saturated rings. The first kappa shape index (κ1) is 30.7. The molecule has 0 aliphatic carbocycles. The number of benzene rings is 3. The third kappa shape index (κ3) is 7.41. The van der Waals surface area contributed by atoms with Crippen LogP contribution >= 0.6 is 0 Å². The Morgan fingerprint density at radius 1 is 0.950 bits per heavy atom. The number of nitrogens with one attached hydrogen (secondary N) is 1. The third-order valence-electron chi connectivity index (χ3n) is 6.48. The Bertz CT molecular complexity index is 1450. The summed E-state index contributed by atoms with van der Waals surface area (Å²) in [6.45, 7) is 10.6. The first-order valence-electron chi connectivity index (χ1n) is 13.1. The Kier molecular flexibility index (Phi) is 9.63. The molecule has 9 heteroatoms. The van der Waals surface area contributed by atoms with E-state index in [4.69, 9.17) is 4.74 Å². The third-order valence-corrected chi connectivity index (χ3v) is 8.25. The number of ether oxygens (including phenoxy) is 1. The predicted molar refractivity (Wildman–Crippen MR) is 158 cm³/mol. The summed E-state index contributed by atoms with van der Waals surface area (Å²) in [6.07, 6.45) is 0. The molecule has 1 N–H and O–H groups in total. The zero-order valence-corrected chi connectivity index (χ0v) is 25.1. The van der Waals surface area contributed by atoms with Crippen LogP contribution in [0.4, 0.5) is 5.69 Å². The minimum absolute atomic E-state index is 0.0373. The zero-order chi connectivity index (χ0) is 29.7. The maximum absolute atomic E-state index is 14.1. The van der Waals surface area contributed by atoms with E-state index in [0.29, 0.717) is 5.75 Å². The van der Waals surface area contributed by atoms with Crippen LogP contribution in [0.25, 0.3) is 0 Å². The molecule has 3 rings (SSSR count). The van der Waals surface area contributed by atoms with Gasteiger partial charge in [0, 0.05) is 12.1 Å². The quantitative estimate of drug-likeness (QED) is 0.380. The highest BCUT2D eigenvalue weighted by molar-refractivity contribution is 7.92. The second kappa shape index (κ2) is 12.6. The number of amides is 2. The van der Waals surface area contributed by atoms with E-state index in [1.807, 2.05) is 58.9 Å². The highest BCUT2D eigenvalue weighted by atomic mass is 32.2. The molecule has 0 saturated heterocycles. The summed E-state index contributed by atoms with van der Waals surface area (Å²) in [5.74, 6) is -0.551. The summed E-state index contributed by atoms with van der Waals surface area (Å²) in [5, 5.41) is 2.94. The molecule has 0 aliphatic heterocycles. The van der Waals surface area contributed by atoms with E-state index >= 15 is 0 Å². The fraction of sp³-hybridized carbons (Fsp3) is 0.355. The lowest BCUT2D eigenvalue weighted by atomic mass is 10.1. The van der Waals surface area contributed by atoms with E-state index in [9.17, 15) is 18.0 Å². The van der Waals surface area contributed by atoms with Crippen molar-refractivity contribution in [3.8, 4) is 5.75 Å². The number of nitrogens with zero attached hydrogens (tertiary/aromatic N) is 2. The molecule has 0 radical (unpaired) electrons. The van der Waals surface area contributed by atoms with Crippen LogP contribution in [0.3, 0.4) is 0 Å². The maximum Gasteiger partial charge on any atom is 0.264 e. The molecule has 0 spiro atoms. The van der Waals surface area contributed by atoms with Gasteiger partial charge in [0.2, 0.25) is 11.8 Å². The molecular formula is C31H39N3O5S. The maximum atomic E-state index is 14.1. The van der Waals surface area contributed by atoms with Crippen molar-refractivity contribution in [2.45, 2.75) is 64.6 Å². The largest absolute Gasteiger partial charge is 0.495 e. The zero-order valence-electron chi connectivity index (χ0n) is 24.3. The summed E-state index contributed by atoms with van der Waals surface area (Å²) in [6, 6.07) is 19.8. The van der Waals surface area contributed by atoms with Gasteiger partial charge in [-0.2, -0.15) is 0 Å². The summed E-state index contributed by atoms with van der Waals surface area (Å²) < 4.78 is 34.6. The number of carbonyl (C=O) groups is 2. The minimum Gasteiger partial charge on any atom is -0.495 e. The molecular weight excluding hydrogens is 526 g/mol. The van der Waals surface area contributed by atoms with E-state index in [1.165, 1.54) is 24.1 Å². The Balaban J connectivity index is 2.11. The van der Waals surface area contributed by atoms with Crippen LogP contribution in [0.2, 0.25) is 0 Å². The molecule has 2 amide bonds. The number of anilines is 1. The topological polar surface area (TPSA) is 96.0 Å². The van der Waals surface area contributed by atoms with Gasteiger partial charge in [-0.15, -0.1) is 0 Å². The normalized spacial score (nSPS) is 12.4. The molecule has 0 bridgehead atoms. The summed E-state index contributed by atoms with van der Waals surface area (Å²) in [4.78, 5) is 28.8. The van der Waals surface area contributed by atoms with Gasteiger partial charge in [-0.1, -0.05) is 48.5 Å². The molecule has 1 atom stereocenters. The van der Waals surface area contributed by atoms with Crippen molar-refractivity contribution in [3.05, 3.63) is 89.5 Å². The molecule has 3 aromatic carbocycles. The van der Waals surface area contributed by atoms with Gasteiger partial charge in [-0.25, -0.2) is 8.42 Å².